The molecule has 0 unspecified atom stereocenters. The van der Waals surface area contributed by atoms with Crippen LogP contribution in [-0.2, 0) is 0 Å². The third kappa shape index (κ3) is 3.79. The van der Waals surface area contributed by atoms with Crippen LogP contribution in [0.1, 0.15) is 41.1 Å². The molecule has 0 spiro atoms. The first kappa shape index (κ1) is 17.5. The predicted molar refractivity (Wildman–Crippen MR) is 101 cm³/mol. The van der Waals surface area contributed by atoms with Gasteiger partial charge in [0, 0.05) is 30.4 Å². The van der Waals surface area contributed by atoms with Crippen LogP contribution in [0.3, 0.4) is 0 Å². The molecule has 140 valence electrons. The van der Waals surface area contributed by atoms with E-state index in [1.165, 1.54) is 6.07 Å². The molecule has 0 aromatic heterocycles. The Labute approximate surface area is 157 Å². The summed E-state index contributed by atoms with van der Waals surface area (Å²) in [6.07, 6.45) is 2.65. The van der Waals surface area contributed by atoms with Crippen LogP contribution in [0.15, 0.2) is 48.5 Å². The topological polar surface area (TPSA) is 61.4 Å². The van der Waals surface area contributed by atoms with E-state index in [2.05, 4.69) is 10.6 Å². The summed E-state index contributed by atoms with van der Waals surface area (Å²) in [6, 6.07) is 13.8. The Hall–Kier alpha value is -2.89. The molecular weight excluding hydrogens is 345 g/mol. The molecule has 27 heavy (non-hydrogen) atoms. The molecule has 2 atom stereocenters. The van der Waals surface area contributed by atoms with Crippen LogP contribution in [0.5, 0.6) is 0 Å². The lowest BCUT2D eigenvalue weighted by molar-refractivity contribution is 0.0937. The van der Waals surface area contributed by atoms with Crippen molar-refractivity contribution in [3.8, 4) is 0 Å². The molecule has 2 aromatic carbocycles. The molecule has 1 saturated carbocycles. The highest BCUT2D eigenvalue weighted by Gasteiger charge is 2.27. The zero-order chi connectivity index (χ0) is 18.8. The highest BCUT2D eigenvalue weighted by molar-refractivity contribution is 5.97. The molecule has 2 N–H and O–H groups in total. The summed E-state index contributed by atoms with van der Waals surface area (Å²) in [4.78, 5) is 25.9. The van der Waals surface area contributed by atoms with E-state index < -0.39 is 0 Å². The average Bonchev–Trinajstić information content (AvgIpc) is 3.31. The molecular formula is C21H22FN3O2. The number of amides is 3. The van der Waals surface area contributed by atoms with Crippen LogP contribution in [0.4, 0.5) is 14.9 Å². The maximum absolute atomic E-state index is 13.4. The largest absolute Gasteiger partial charge is 0.349 e. The molecule has 4 rings (SSSR count). The van der Waals surface area contributed by atoms with Gasteiger partial charge in [0.2, 0.25) is 0 Å². The first-order valence-corrected chi connectivity index (χ1v) is 9.32. The van der Waals surface area contributed by atoms with E-state index >= 15 is 0 Å². The highest BCUT2D eigenvalue weighted by Crippen LogP contribution is 2.34. The van der Waals surface area contributed by atoms with Crippen molar-refractivity contribution in [2.24, 2.45) is 0 Å². The summed E-state index contributed by atoms with van der Waals surface area (Å²) < 4.78 is 13.4. The van der Waals surface area contributed by atoms with E-state index in [-0.39, 0.29) is 29.7 Å². The maximum atomic E-state index is 13.4. The van der Waals surface area contributed by atoms with Gasteiger partial charge in [-0.25, -0.2) is 9.18 Å². The van der Waals surface area contributed by atoms with Gasteiger partial charge >= 0.3 is 6.03 Å². The lowest BCUT2D eigenvalue weighted by atomic mass is 9.97. The number of nitrogens with one attached hydrogen (secondary N) is 2. The van der Waals surface area contributed by atoms with Crippen molar-refractivity contribution in [1.82, 2.24) is 10.6 Å². The second-order valence-electron chi connectivity index (χ2n) is 7.17. The molecule has 2 fully saturated rings. The first-order chi connectivity index (χ1) is 13.1. The van der Waals surface area contributed by atoms with Crippen LogP contribution in [-0.4, -0.2) is 31.1 Å². The van der Waals surface area contributed by atoms with Crippen molar-refractivity contribution in [1.29, 1.82) is 0 Å². The Morgan fingerprint density at radius 3 is 2.67 bits per heavy atom. The number of benzene rings is 2. The number of hydrogen-bond acceptors (Lipinski definition) is 2. The minimum Gasteiger partial charge on any atom is -0.349 e. The molecule has 1 aliphatic heterocycles. The number of anilines is 1. The van der Waals surface area contributed by atoms with Crippen molar-refractivity contribution >= 4 is 17.6 Å². The molecule has 2 aromatic rings. The van der Waals surface area contributed by atoms with Crippen molar-refractivity contribution in [2.75, 3.05) is 18.0 Å². The van der Waals surface area contributed by atoms with Crippen LogP contribution in [0.2, 0.25) is 0 Å². The summed E-state index contributed by atoms with van der Waals surface area (Å²) in [5.41, 5.74) is 2.36. The molecule has 6 heteroatoms. The predicted octanol–water partition coefficient (Wildman–Crippen LogP) is 3.42. The third-order valence-corrected chi connectivity index (χ3v) is 5.39. The van der Waals surface area contributed by atoms with Crippen molar-refractivity contribution in [3.05, 3.63) is 65.5 Å². The van der Waals surface area contributed by atoms with E-state index in [1.54, 1.807) is 41.3 Å². The van der Waals surface area contributed by atoms with E-state index in [0.717, 1.165) is 30.5 Å². The summed E-state index contributed by atoms with van der Waals surface area (Å²) >= 11 is 0. The fourth-order valence-electron chi connectivity index (χ4n) is 3.96. The van der Waals surface area contributed by atoms with Gasteiger partial charge in [-0.15, -0.1) is 0 Å². The standard InChI is InChI=1S/C21H22FN3O2/c22-17-3-1-2-15(12-17)16-4-7-18(13-16)24-20(26)14-5-8-19(9-6-14)25-11-10-23-21(25)27/h1-3,5-6,8-9,12,16,18H,4,7,10-11,13H2,(H,23,27)(H,24,26)/t16-,18-/m1/s1. The summed E-state index contributed by atoms with van der Waals surface area (Å²) in [5.74, 6) is -0.0499. The van der Waals surface area contributed by atoms with Crippen LogP contribution in [0.25, 0.3) is 0 Å². The first-order valence-electron chi connectivity index (χ1n) is 9.32. The Kier molecular flexibility index (Phi) is 4.79. The van der Waals surface area contributed by atoms with Crippen molar-refractivity contribution in [3.63, 3.8) is 0 Å². The Morgan fingerprint density at radius 1 is 1.15 bits per heavy atom. The molecule has 0 bridgehead atoms. The lowest BCUT2D eigenvalue weighted by Crippen LogP contribution is -2.33. The van der Waals surface area contributed by atoms with Gasteiger partial charge in [0.25, 0.3) is 5.91 Å². The molecule has 1 saturated heterocycles. The molecule has 1 heterocycles. The van der Waals surface area contributed by atoms with Crippen LogP contribution >= 0.6 is 0 Å². The maximum Gasteiger partial charge on any atom is 0.321 e. The lowest BCUT2D eigenvalue weighted by Gasteiger charge is -2.16. The second-order valence-corrected chi connectivity index (χ2v) is 7.17. The average molecular weight is 367 g/mol. The Balaban J connectivity index is 1.36. The highest BCUT2D eigenvalue weighted by atomic mass is 19.1. The van der Waals surface area contributed by atoms with Crippen molar-refractivity contribution < 1.29 is 14.0 Å². The van der Waals surface area contributed by atoms with E-state index in [0.29, 0.717) is 18.7 Å². The minimum atomic E-state index is -0.216. The SMILES string of the molecule is O=C(N[C@@H]1CC[C@@H](c2cccc(F)c2)C1)c1ccc(N2CCNC2=O)cc1. The zero-order valence-corrected chi connectivity index (χ0v) is 15.0. The fraction of sp³-hybridized carbons (Fsp3) is 0.333. The summed E-state index contributed by atoms with van der Waals surface area (Å²) in [5, 5.41) is 5.84. The van der Waals surface area contributed by atoms with E-state index in [9.17, 15) is 14.0 Å². The normalized spacial score (nSPS) is 22.0. The van der Waals surface area contributed by atoms with Gasteiger partial charge in [0.15, 0.2) is 0 Å². The van der Waals surface area contributed by atoms with E-state index in [4.69, 9.17) is 0 Å². The molecule has 5 nitrogen and oxygen atoms in total. The van der Waals surface area contributed by atoms with Gasteiger partial charge in [-0.1, -0.05) is 12.1 Å². The summed E-state index contributed by atoms with van der Waals surface area (Å²) in [6.45, 7) is 1.27. The zero-order valence-electron chi connectivity index (χ0n) is 15.0. The minimum absolute atomic E-state index is 0.0924. The summed E-state index contributed by atoms with van der Waals surface area (Å²) in [7, 11) is 0. The Bertz CT molecular complexity index is 853. The van der Waals surface area contributed by atoms with Gasteiger partial charge in [0.1, 0.15) is 5.82 Å². The van der Waals surface area contributed by atoms with Gasteiger partial charge in [-0.05, 0) is 67.1 Å². The van der Waals surface area contributed by atoms with Gasteiger partial charge in [0.05, 0.1) is 0 Å². The number of halogens is 1. The number of carbonyl (C=O) groups is 2. The van der Waals surface area contributed by atoms with E-state index in [1.807, 2.05) is 6.07 Å². The quantitative estimate of drug-likeness (QED) is 0.870. The molecule has 0 radical (unpaired) electrons. The molecule has 2 aliphatic rings. The number of urea groups is 1. The molecule has 1 aliphatic carbocycles. The van der Waals surface area contributed by atoms with Gasteiger partial charge < -0.3 is 10.6 Å². The third-order valence-electron chi connectivity index (χ3n) is 5.39. The van der Waals surface area contributed by atoms with Crippen LogP contribution < -0.4 is 15.5 Å². The molecule has 3 amide bonds. The van der Waals surface area contributed by atoms with Crippen molar-refractivity contribution in [2.45, 2.75) is 31.2 Å². The smallest absolute Gasteiger partial charge is 0.321 e. The van der Waals surface area contributed by atoms with Gasteiger partial charge in [-0.2, -0.15) is 0 Å². The Morgan fingerprint density at radius 2 is 1.96 bits per heavy atom. The van der Waals surface area contributed by atoms with Crippen LogP contribution in [0, 0.1) is 5.82 Å². The monoisotopic (exact) mass is 367 g/mol. The number of hydrogen-bond donors (Lipinski definition) is 2. The number of nitrogens with zero attached hydrogens (tertiary/aromatic N) is 1. The number of carbonyl (C=O) groups excluding carboxylic acids is 2. The van der Waals surface area contributed by atoms with Gasteiger partial charge in [-0.3, -0.25) is 9.69 Å². The fourth-order valence-corrected chi connectivity index (χ4v) is 3.96. The number of rotatable bonds is 4. The second kappa shape index (κ2) is 7.39.